The van der Waals surface area contributed by atoms with Gasteiger partial charge in [0, 0.05) is 24.7 Å². The molecule has 2 rings (SSSR count). The van der Waals surface area contributed by atoms with Crippen molar-refractivity contribution < 1.29 is 23.7 Å². The highest BCUT2D eigenvalue weighted by molar-refractivity contribution is 5.74. The molecule has 0 bridgehead atoms. The van der Waals surface area contributed by atoms with Crippen LogP contribution in [0.1, 0.15) is 11.1 Å². The highest BCUT2D eigenvalue weighted by atomic mass is 16.5. The maximum Gasteiger partial charge on any atom is 0.315 e. The van der Waals surface area contributed by atoms with Crippen molar-refractivity contribution in [3.63, 3.8) is 0 Å². The molecule has 0 fully saturated rings. The van der Waals surface area contributed by atoms with E-state index in [0.717, 1.165) is 16.9 Å². The fourth-order valence-corrected chi connectivity index (χ4v) is 2.43. The molecule has 0 spiro atoms. The van der Waals surface area contributed by atoms with Gasteiger partial charge in [0.2, 0.25) is 0 Å². The van der Waals surface area contributed by atoms with E-state index in [4.69, 9.17) is 18.9 Å². The summed E-state index contributed by atoms with van der Waals surface area (Å²) in [6.45, 7) is 0.680. The molecular formula is C19H24N2O5. The molecule has 0 aliphatic heterocycles. The highest BCUT2D eigenvalue weighted by Crippen LogP contribution is 2.34. The Morgan fingerprint density at radius 2 is 1.46 bits per heavy atom. The minimum absolute atomic E-state index is 0.285. The third-order valence-corrected chi connectivity index (χ3v) is 3.81. The highest BCUT2D eigenvalue weighted by Gasteiger charge is 2.12. The van der Waals surface area contributed by atoms with Crippen molar-refractivity contribution in [1.82, 2.24) is 10.6 Å². The molecule has 0 aliphatic rings. The zero-order valence-corrected chi connectivity index (χ0v) is 15.4. The van der Waals surface area contributed by atoms with Crippen LogP contribution in [0.15, 0.2) is 36.4 Å². The molecule has 7 heteroatoms. The summed E-state index contributed by atoms with van der Waals surface area (Å²) in [7, 11) is 6.28. The van der Waals surface area contributed by atoms with E-state index in [2.05, 4.69) is 10.6 Å². The quantitative estimate of drug-likeness (QED) is 0.757. The number of rotatable bonds is 8. The molecule has 2 aromatic rings. The van der Waals surface area contributed by atoms with Crippen molar-refractivity contribution in [1.29, 1.82) is 0 Å². The molecule has 0 unspecified atom stereocenters. The minimum Gasteiger partial charge on any atom is -0.497 e. The fourth-order valence-electron chi connectivity index (χ4n) is 2.43. The van der Waals surface area contributed by atoms with Gasteiger partial charge in [0.25, 0.3) is 0 Å². The normalized spacial score (nSPS) is 10.0. The molecule has 2 aromatic carbocycles. The number of hydrogen-bond acceptors (Lipinski definition) is 5. The predicted octanol–water partition coefficient (Wildman–Crippen LogP) is 2.72. The van der Waals surface area contributed by atoms with Crippen molar-refractivity contribution in [2.45, 2.75) is 13.1 Å². The topological polar surface area (TPSA) is 78.1 Å². The number of nitrogens with one attached hydrogen (secondary N) is 2. The second kappa shape index (κ2) is 9.41. The fraction of sp³-hybridized carbons (Fsp3) is 0.316. The maximum atomic E-state index is 12.1. The predicted molar refractivity (Wildman–Crippen MR) is 98.2 cm³/mol. The molecule has 26 heavy (non-hydrogen) atoms. The summed E-state index contributed by atoms with van der Waals surface area (Å²) in [5.41, 5.74) is 1.73. The molecule has 2 N–H and O–H groups in total. The lowest BCUT2D eigenvalue weighted by atomic mass is 10.1. The summed E-state index contributed by atoms with van der Waals surface area (Å²) in [5, 5.41) is 5.61. The van der Waals surface area contributed by atoms with Gasteiger partial charge < -0.3 is 29.6 Å². The van der Waals surface area contributed by atoms with Gasteiger partial charge in [0.1, 0.15) is 11.5 Å². The lowest BCUT2D eigenvalue weighted by Gasteiger charge is -2.15. The summed E-state index contributed by atoms with van der Waals surface area (Å²) >= 11 is 0. The first-order valence-corrected chi connectivity index (χ1v) is 8.04. The SMILES string of the molecule is COc1cccc(CNC(=O)NCc2cc(OC)c(OC)cc2OC)c1. The Labute approximate surface area is 153 Å². The molecule has 0 aromatic heterocycles. The smallest absolute Gasteiger partial charge is 0.315 e. The van der Waals surface area contributed by atoms with Crippen molar-refractivity contribution in [3.05, 3.63) is 47.5 Å². The monoisotopic (exact) mass is 360 g/mol. The lowest BCUT2D eigenvalue weighted by molar-refractivity contribution is 0.240. The first-order chi connectivity index (χ1) is 12.6. The summed E-state index contributed by atoms with van der Waals surface area (Å²) in [5.74, 6) is 2.49. The molecule has 0 atom stereocenters. The van der Waals surface area contributed by atoms with Gasteiger partial charge in [-0.15, -0.1) is 0 Å². The van der Waals surface area contributed by atoms with E-state index in [1.54, 1.807) is 40.6 Å². The van der Waals surface area contributed by atoms with E-state index >= 15 is 0 Å². The van der Waals surface area contributed by atoms with E-state index in [1.807, 2.05) is 24.3 Å². The summed E-state index contributed by atoms with van der Waals surface area (Å²) in [4.78, 5) is 12.1. The minimum atomic E-state index is -0.287. The second-order valence-electron chi connectivity index (χ2n) is 5.41. The average Bonchev–Trinajstić information content (AvgIpc) is 2.69. The third-order valence-electron chi connectivity index (χ3n) is 3.81. The second-order valence-corrected chi connectivity index (χ2v) is 5.41. The first-order valence-electron chi connectivity index (χ1n) is 8.04. The van der Waals surface area contributed by atoms with Crippen LogP contribution in [-0.2, 0) is 13.1 Å². The molecule has 0 heterocycles. The third kappa shape index (κ3) is 4.95. The Kier molecular flexibility index (Phi) is 6.96. The number of hydrogen-bond donors (Lipinski definition) is 2. The van der Waals surface area contributed by atoms with E-state index in [1.165, 1.54) is 0 Å². The number of amides is 2. The van der Waals surface area contributed by atoms with Crippen LogP contribution >= 0.6 is 0 Å². The molecule has 2 amide bonds. The maximum absolute atomic E-state index is 12.1. The van der Waals surface area contributed by atoms with Gasteiger partial charge in [0.05, 0.1) is 28.4 Å². The first kappa shape index (κ1) is 19.2. The molecule has 0 aliphatic carbocycles. The van der Waals surface area contributed by atoms with E-state index < -0.39 is 0 Å². The van der Waals surface area contributed by atoms with Crippen LogP contribution in [0.5, 0.6) is 23.0 Å². The Bertz CT molecular complexity index is 749. The van der Waals surface area contributed by atoms with Crippen LogP contribution in [0.2, 0.25) is 0 Å². The zero-order chi connectivity index (χ0) is 18.9. The van der Waals surface area contributed by atoms with Crippen LogP contribution < -0.4 is 29.6 Å². The molecular weight excluding hydrogens is 336 g/mol. The van der Waals surface area contributed by atoms with Crippen molar-refractivity contribution in [2.24, 2.45) is 0 Å². The van der Waals surface area contributed by atoms with Gasteiger partial charge in [-0.2, -0.15) is 0 Å². The molecule has 0 radical (unpaired) electrons. The molecule has 0 saturated carbocycles. The average molecular weight is 360 g/mol. The van der Waals surface area contributed by atoms with Crippen molar-refractivity contribution in [2.75, 3.05) is 28.4 Å². The van der Waals surface area contributed by atoms with E-state index in [-0.39, 0.29) is 12.6 Å². The molecule has 7 nitrogen and oxygen atoms in total. The van der Waals surface area contributed by atoms with Gasteiger partial charge in [-0.25, -0.2) is 4.79 Å². The van der Waals surface area contributed by atoms with E-state index in [9.17, 15) is 4.79 Å². The number of methoxy groups -OCH3 is 4. The van der Waals surface area contributed by atoms with Crippen LogP contribution in [0, 0.1) is 0 Å². The van der Waals surface area contributed by atoms with Crippen LogP contribution in [0.4, 0.5) is 4.79 Å². The molecule has 140 valence electrons. The number of ether oxygens (including phenoxy) is 4. The van der Waals surface area contributed by atoms with Crippen LogP contribution in [0.25, 0.3) is 0 Å². The number of benzene rings is 2. The van der Waals surface area contributed by atoms with Crippen molar-refractivity contribution in [3.8, 4) is 23.0 Å². The number of carbonyl (C=O) groups excluding carboxylic acids is 1. The van der Waals surface area contributed by atoms with Gasteiger partial charge in [-0.05, 0) is 23.8 Å². The van der Waals surface area contributed by atoms with Gasteiger partial charge in [0.15, 0.2) is 11.5 Å². The van der Waals surface area contributed by atoms with Gasteiger partial charge in [-0.1, -0.05) is 12.1 Å². The Morgan fingerprint density at radius 3 is 2.12 bits per heavy atom. The molecule has 0 saturated heterocycles. The Hall–Kier alpha value is -3.09. The lowest BCUT2D eigenvalue weighted by Crippen LogP contribution is -2.34. The summed E-state index contributed by atoms with van der Waals surface area (Å²) in [6, 6.07) is 10.7. The number of urea groups is 1. The van der Waals surface area contributed by atoms with Gasteiger partial charge in [-0.3, -0.25) is 0 Å². The van der Waals surface area contributed by atoms with E-state index in [0.29, 0.717) is 23.8 Å². The summed E-state index contributed by atoms with van der Waals surface area (Å²) < 4.78 is 21.1. The summed E-state index contributed by atoms with van der Waals surface area (Å²) in [6.07, 6.45) is 0. The number of carbonyl (C=O) groups is 1. The zero-order valence-electron chi connectivity index (χ0n) is 15.4. The Morgan fingerprint density at radius 1 is 0.808 bits per heavy atom. The Balaban J connectivity index is 1.96. The van der Waals surface area contributed by atoms with Crippen molar-refractivity contribution >= 4 is 6.03 Å². The van der Waals surface area contributed by atoms with Crippen LogP contribution in [-0.4, -0.2) is 34.5 Å². The van der Waals surface area contributed by atoms with Gasteiger partial charge >= 0.3 is 6.03 Å². The standard InChI is InChI=1S/C19H24N2O5/c1-23-15-7-5-6-13(8-15)11-20-19(22)21-12-14-9-17(25-3)18(26-4)10-16(14)24-2/h5-10H,11-12H2,1-4H3,(H2,20,21,22). The van der Waals surface area contributed by atoms with Crippen LogP contribution in [0.3, 0.4) is 0 Å². The largest absolute Gasteiger partial charge is 0.497 e.